The van der Waals surface area contributed by atoms with E-state index in [9.17, 15) is 23.1 Å². The van der Waals surface area contributed by atoms with E-state index in [0.717, 1.165) is 42.3 Å². The number of likely N-dealkylation sites (N-methyl/N-ethyl adjacent to an activating group) is 1. The summed E-state index contributed by atoms with van der Waals surface area (Å²) >= 11 is -2.63. The normalized spacial score (nSPS) is 24.1. The fourth-order valence-corrected chi connectivity index (χ4v) is 5.68. The Bertz CT molecular complexity index is 1140. The van der Waals surface area contributed by atoms with Gasteiger partial charge in [0.05, 0.1) is 30.7 Å². The van der Waals surface area contributed by atoms with Gasteiger partial charge in [0.1, 0.15) is 17.1 Å². The Hall–Kier alpha value is -2.53. The van der Waals surface area contributed by atoms with Crippen LogP contribution in [0, 0.1) is 11.7 Å². The lowest BCUT2D eigenvalue weighted by Crippen LogP contribution is -2.25. The summed E-state index contributed by atoms with van der Waals surface area (Å²) in [5, 5.41) is 10.0. The molecule has 2 heterocycles. The lowest BCUT2D eigenvalue weighted by molar-refractivity contribution is 0.0472. The number of fused-ring (bicyclic) bond motifs is 3. The molecule has 0 spiro atoms. The predicted octanol–water partition coefficient (Wildman–Crippen LogP) is 3.91. The van der Waals surface area contributed by atoms with Crippen LogP contribution in [0.3, 0.4) is 0 Å². The number of benzene rings is 2. The molecule has 1 saturated heterocycles. The van der Waals surface area contributed by atoms with Crippen molar-refractivity contribution in [2.75, 3.05) is 30.5 Å². The number of hydrogen-bond donors (Lipinski definition) is 2. The van der Waals surface area contributed by atoms with Gasteiger partial charge in [0.25, 0.3) is 11.3 Å². The van der Waals surface area contributed by atoms with Crippen LogP contribution in [0.1, 0.15) is 47.2 Å². The minimum Gasteiger partial charge on any atom is -0.492 e. The summed E-state index contributed by atoms with van der Waals surface area (Å²) in [4.78, 5) is 14.5. The number of rotatable bonds is 8. The van der Waals surface area contributed by atoms with Gasteiger partial charge >= 0.3 is 5.97 Å². The van der Waals surface area contributed by atoms with Crippen LogP contribution >= 0.6 is 0 Å². The first-order chi connectivity index (χ1) is 16.4. The van der Waals surface area contributed by atoms with Gasteiger partial charge in [-0.15, -0.1) is 0 Å². The second-order valence-electron chi connectivity index (χ2n) is 9.01. The van der Waals surface area contributed by atoms with E-state index >= 15 is 0 Å². The Morgan fingerprint density at radius 2 is 2.12 bits per heavy atom. The van der Waals surface area contributed by atoms with Crippen molar-refractivity contribution in [3.8, 4) is 5.75 Å². The minimum atomic E-state index is -2.63. The van der Waals surface area contributed by atoms with Crippen molar-refractivity contribution < 1.29 is 32.5 Å². The number of nitrogens with zero attached hydrogens (tertiary/aromatic N) is 2. The Kier molecular flexibility index (Phi) is 6.32. The molecule has 8 nitrogen and oxygen atoms in total. The quantitative estimate of drug-likeness (QED) is 0.542. The Morgan fingerprint density at radius 3 is 2.82 bits per heavy atom. The maximum atomic E-state index is 14.2. The van der Waals surface area contributed by atoms with Gasteiger partial charge in [-0.05, 0) is 55.1 Å². The van der Waals surface area contributed by atoms with E-state index in [1.54, 1.807) is 6.07 Å². The van der Waals surface area contributed by atoms with Crippen molar-refractivity contribution in [1.29, 1.82) is 0 Å². The SMILES string of the molecule is CCN1CC[C@@H](OCc2cc(F)ccc2N(c2ccc3c(c2C(=O)O)OC[C@@H]2C[C@H]32)S(=O)O)C1. The standard InChI is InChI=1S/C24H27FN2O6S/c1-2-26-8-7-17(11-26)32-13-15-9-16(25)3-5-20(15)27(34(30)31)21-6-4-18-19-10-14(19)12-33-23(18)22(21)24(28)29/h3-6,9,14,17,19H,2,7-8,10-13H2,1H3,(H,28,29)(H,30,31)/t14-,17+,19-/m0/s1. The minimum absolute atomic E-state index is 0.0112. The summed E-state index contributed by atoms with van der Waals surface area (Å²) in [6, 6.07) is 7.10. The van der Waals surface area contributed by atoms with E-state index in [0.29, 0.717) is 18.1 Å². The second kappa shape index (κ2) is 9.26. The van der Waals surface area contributed by atoms with Crippen molar-refractivity contribution in [3.63, 3.8) is 0 Å². The molecule has 2 aromatic rings. The first-order valence-corrected chi connectivity index (χ1v) is 12.5. The van der Waals surface area contributed by atoms with Crippen LogP contribution < -0.4 is 9.04 Å². The molecule has 10 heteroatoms. The maximum absolute atomic E-state index is 14.2. The number of carboxylic acids is 1. The molecule has 0 bridgehead atoms. The van der Waals surface area contributed by atoms with Crippen LogP contribution in [0.2, 0.25) is 0 Å². The molecule has 3 aliphatic rings. The average Bonchev–Trinajstić information content (AvgIpc) is 3.47. The first kappa shape index (κ1) is 23.2. The molecular formula is C24H27FN2O6S. The zero-order valence-electron chi connectivity index (χ0n) is 18.8. The fraction of sp³-hybridized carbons (Fsp3) is 0.458. The molecule has 1 saturated carbocycles. The van der Waals surface area contributed by atoms with Gasteiger partial charge in [0, 0.05) is 24.6 Å². The highest BCUT2D eigenvalue weighted by molar-refractivity contribution is 7.81. The topological polar surface area (TPSA) is 99.5 Å². The Morgan fingerprint density at radius 1 is 1.32 bits per heavy atom. The van der Waals surface area contributed by atoms with E-state index in [1.165, 1.54) is 24.3 Å². The molecule has 1 unspecified atom stereocenters. The molecule has 2 N–H and O–H groups in total. The van der Waals surface area contributed by atoms with Crippen molar-refractivity contribution in [3.05, 3.63) is 52.8 Å². The van der Waals surface area contributed by atoms with Crippen LogP contribution in [0.5, 0.6) is 5.75 Å². The summed E-state index contributed by atoms with van der Waals surface area (Å²) in [5.74, 6) is -0.882. The third kappa shape index (κ3) is 4.31. The lowest BCUT2D eigenvalue weighted by atomic mass is 9.99. The number of halogens is 1. The molecule has 0 radical (unpaired) electrons. The highest BCUT2D eigenvalue weighted by Gasteiger charge is 2.46. The Labute approximate surface area is 199 Å². The van der Waals surface area contributed by atoms with Crippen LogP contribution in [0.25, 0.3) is 0 Å². The molecule has 4 atom stereocenters. The smallest absolute Gasteiger partial charge is 0.341 e. The first-order valence-electron chi connectivity index (χ1n) is 11.4. The zero-order valence-corrected chi connectivity index (χ0v) is 19.6. The molecule has 2 fully saturated rings. The van der Waals surface area contributed by atoms with Crippen LogP contribution in [-0.4, -0.2) is 57.1 Å². The van der Waals surface area contributed by atoms with Gasteiger partial charge in [-0.1, -0.05) is 13.0 Å². The number of ether oxygens (including phenoxy) is 2. The predicted molar refractivity (Wildman–Crippen MR) is 124 cm³/mol. The number of anilines is 2. The largest absolute Gasteiger partial charge is 0.492 e. The molecule has 2 aromatic carbocycles. The van der Waals surface area contributed by atoms with E-state index in [4.69, 9.17) is 9.47 Å². The number of aromatic carboxylic acids is 1. The third-order valence-corrected chi connectivity index (χ3v) is 7.64. The van der Waals surface area contributed by atoms with E-state index in [-0.39, 0.29) is 41.3 Å². The summed E-state index contributed by atoms with van der Waals surface area (Å²) in [5.41, 5.74) is 1.21. The summed E-state index contributed by atoms with van der Waals surface area (Å²) in [6.07, 6.45) is 1.76. The fourth-order valence-electron chi connectivity index (χ4n) is 5.01. The van der Waals surface area contributed by atoms with Gasteiger partial charge in [-0.3, -0.25) is 4.55 Å². The van der Waals surface area contributed by atoms with Gasteiger partial charge in [-0.25, -0.2) is 17.7 Å². The van der Waals surface area contributed by atoms with Crippen molar-refractivity contribution in [1.82, 2.24) is 4.90 Å². The van der Waals surface area contributed by atoms with Gasteiger partial charge in [0.15, 0.2) is 0 Å². The van der Waals surface area contributed by atoms with E-state index < -0.39 is 23.1 Å². The highest BCUT2D eigenvalue weighted by Crippen LogP contribution is 2.56. The monoisotopic (exact) mass is 490 g/mol. The molecule has 0 aromatic heterocycles. The van der Waals surface area contributed by atoms with Crippen molar-refractivity contribution in [2.24, 2.45) is 5.92 Å². The molecular weight excluding hydrogens is 463 g/mol. The van der Waals surface area contributed by atoms with Crippen molar-refractivity contribution >= 4 is 28.6 Å². The van der Waals surface area contributed by atoms with E-state index in [2.05, 4.69) is 11.8 Å². The number of carboxylic acid groups (broad SMARTS) is 1. The summed E-state index contributed by atoms with van der Waals surface area (Å²) in [7, 11) is 0. The Balaban J connectivity index is 1.52. The summed E-state index contributed by atoms with van der Waals surface area (Å²) < 4.78 is 49.8. The molecule has 182 valence electrons. The summed E-state index contributed by atoms with van der Waals surface area (Å²) in [6.45, 7) is 5.13. The average molecular weight is 491 g/mol. The van der Waals surface area contributed by atoms with Gasteiger partial charge < -0.3 is 19.5 Å². The molecule has 1 aliphatic carbocycles. The number of hydrogen-bond acceptors (Lipinski definition) is 5. The van der Waals surface area contributed by atoms with Gasteiger partial charge in [-0.2, -0.15) is 0 Å². The molecule has 2 aliphatic heterocycles. The second-order valence-corrected chi connectivity index (χ2v) is 9.84. The van der Waals surface area contributed by atoms with Crippen LogP contribution in [0.15, 0.2) is 30.3 Å². The number of carbonyl (C=O) groups is 1. The van der Waals surface area contributed by atoms with Crippen LogP contribution in [0.4, 0.5) is 15.8 Å². The lowest BCUT2D eigenvalue weighted by Gasteiger charge is -2.27. The van der Waals surface area contributed by atoms with Crippen LogP contribution in [-0.2, 0) is 22.6 Å². The molecule has 34 heavy (non-hydrogen) atoms. The maximum Gasteiger partial charge on any atom is 0.341 e. The molecule has 0 amide bonds. The number of likely N-dealkylation sites (tertiary alicyclic amines) is 1. The van der Waals surface area contributed by atoms with Gasteiger partial charge in [0.2, 0.25) is 0 Å². The van der Waals surface area contributed by atoms with Crippen molar-refractivity contribution in [2.45, 2.75) is 38.4 Å². The van der Waals surface area contributed by atoms with E-state index in [1.807, 2.05) is 0 Å². The third-order valence-electron chi connectivity index (χ3n) is 6.93. The zero-order chi connectivity index (χ0) is 24.0. The molecule has 5 rings (SSSR count). The highest BCUT2D eigenvalue weighted by atomic mass is 32.2.